The van der Waals surface area contributed by atoms with E-state index in [0.29, 0.717) is 13.0 Å². The van der Waals surface area contributed by atoms with Gasteiger partial charge >= 0.3 is 0 Å². The SMILES string of the molecule is C#CC/C=C\C=C1/COc2c(C)cc(Br)cc21. The monoisotopic (exact) mass is 288 g/mol. The minimum atomic E-state index is 0.632. The van der Waals surface area contributed by atoms with Crippen molar-refractivity contribution in [2.24, 2.45) is 0 Å². The maximum absolute atomic E-state index is 5.69. The molecule has 0 unspecified atom stereocenters. The first kappa shape index (κ1) is 12.0. The van der Waals surface area contributed by atoms with Gasteiger partial charge in [-0.05, 0) is 24.6 Å². The van der Waals surface area contributed by atoms with Crippen molar-refractivity contribution < 1.29 is 4.74 Å². The number of ether oxygens (including phenoxy) is 1. The molecular formula is C15H13BrO. The summed E-state index contributed by atoms with van der Waals surface area (Å²) in [5.41, 5.74) is 3.52. The lowest BCUT2D eigenvalue weighted by atomic mass is 10.0. The highest BCUT2D eigenvalue weighted by molar-refractivity contribution is 9.10. The van der Waals surface area contributed by atoms with Crippen LogP contribution in [-0.2, 0) is 0 Å². The van der Waals surface area contributed by atoms with Crippen molar-refractivity contribution in [1.82, 2.24) is 0 Å². The van der Waals surface area contributed by atoms with E-state index in [1.165, 1.54) is 11.1 Å². The molecule has 1 nitrogen and oxygen atoms in total. The largest absolute Gasteiger partial charge is 0.488 e. The topological polar surface area (TPSA) is 9.23 Å². The summed E-state index contributed by atoms with van der Waals surface area (Å²) in [7, 11) is 0. The Morgan fingerprint density at radius 2 is 2.35 bits per heavy atom. The highest BCUT2D eigenvalue weighted by Gasteiger charge is 2.19. The molecule has 1 aliphatic heterocycles. The van der Waals surface area contributed by atoms with Crippen LogP contribution in [0.5, 0.6) is 5.75 Å². The van der Waals surface area contributed by atoms with Gasteiger partial charge in [0.05, 0.1) is 0 Å². The maximum atomic E-state index is 5.69. The third-order valence-corrected chi connectivity index (χ3v) is 3.08. The number of benzene rings is 1. The Morgan fingerprint density at radius 3 is 3.12 bits per heavy atom. The maximum Gasteiger partial charge on any atom is 0.130 e. The summed E-state index contributed by atoms with van der Waals surface area (Å²) in [6.07, 6.45) is 11.9. The van der Waals surface area contributed by atoms with E-state index < -0.39 is 0 Å². The molecule has 0 saturated heterocycles. The van der Waals surface area contributed by atoms with Crippen molar-refractivity contribution in [2.75, 3.05) is 6.61 Å². The summed E-state index contributed by atoms with van der Waals surface area (Å²) < 4.78 is 6.77. The van der Waals surface area contributed by atoms with Gasteiger partial charge < -0.3 is 4.74 Å². The number of allylic oxidation sites excluding steroid dienone is 3. The van der Waals surface area contributed by atoms with E-state index in [-0.39, 0.29) is 0 Å². The quantitative estimate of drug-likeness (QED) is 0.744. The van der Waals surface area contributed by atoms with Gasteiger partial charge in [-0.3, -0.25) is 0 Å². The lowest BCUT2D eigenvalue weighted by Gasteiger charge is -2.03. The van der Waals surface area contributed by atoms with E-state index in [2.05, 4.69) is 47.0 Å². The number of rotatable bonds is 2. The van der Waals surface area contributed by atoms with Crippen LogP contribution in [-0.4, -0.2) is 6.61 Å². The molecule has 1 aliphatic rings. The van der Waals surface area contributed by atoms with Crippen LogP contribution >= 0.6 is 15.9 Å². The van der Waals surface area contributed by atoms with Gasteiger partial charge in [0.15, 0.2) is 0 Å². The second kappa shape index (κ2) is 5.25. The molecule has 1 aromatic carbocycles. The lowest BCUT2D eigenvalue weighted by molar-refractivity contribution is 0.386. The molecule has 0 fully saturated rings. The van der Waals surface area contributed by atoms with Crippen molar-refractivity contribution in [3.63, 3.8) is 0 Å². The Balaban J connectivity index is 2.31. The minimum absolute atomic E-state index is 0.632. The molecule has 1 aromatic rings. The summed E-state index contributed by atoms with van der Waals surface area (Å²) >= 11 is 3.51. The van der Waals surface area contributed by atoms with Gasteiger partial charge in [0.1, 0.15) is 12.4 Å². The smallest absolute Gasteiger partial charge is 0.130 e. The van der Waals surface area contributed by atoms with E-state index >= 15 is 0 Å². The summed E-state index contributed by atoms with van der Waals surface area (Å²) in [6, 6.07) is 4.16. The number of terminal acetylenes is 1. The fourth-order valence-corrected chi connectivity index (χ4v) is 2.42. The molecule has 0 radical (unpaired) electrons. The Bertz CT molecular complexity index is 533. The Labute approximate surface area is 110 Å². The molecule has 0 aromatic heterocycles. The van der Waals surface area contributed by atoms with Crippen LogP contribution in [0.25, 0.3) is 5.57 Å². The van der Waals surface area contributed by atoms with Crippen LogP contribution in [0.1, 0.15) is 17.5 Å². The number of hydrogen-bond donors (Lipinski definition) is 0. The molecule has 0 bridgehead atoms. The third-order valence-electron chi connectivity index (χ3n) is 2.63. The fraction of sp³-hybridized carbons (Fsp3) is 0.200. The molecule has 0 spiro atoms. The van der Waals surface area contributed by atoms with Gasteiger partial charge in [-0.25, -0.2) is 0 Å². The first-order valence-corrected chi connectivity index (χ1v) is 6.24. The van der Waals surface area contributed by atoms with Crippen molar-refractivity contribution in [3.05, 3.63) is 46.0 Å². The number of halogens is 1. The first-order valence-electron chi connectivity index (χ1n) is 5.45. The summed E-state index contributed by atoms with van der Waals surface area (Å²) in [4.78, 5) is 0. The summed E-state index contributed by atoms with van der Waals surface area (Å²) in [6.45, 7) is 2.69. The second-order valence-corrected chi connectivity index (χ2v) is 4.83. The normalized spacial score (nSPS) is 15.9. The van der Waals surface area contributed by atoms with E-state index in [4.69, 9.17) is 11.2 Å². The molecule has 1 heterocycles. The van der Waals surface area contributed by atoms with Crippen molar-refractivity contribution >= 4 is 21.5 Å². The van der Waals surface area contributed by atoms with Crippen LogP contribution in [0.3, 0.4) is 0 Å². The van der Waals surface area contributed by atoms with Gasteiger partial charge in [-0.2, -0.15) is 0 Å². The van der Waals surface area contributed by atoms with Crippen LogP contribution < -0.4 is 4.74 Å². The predicted octanol–water partition coefficient (Wildman–Crippen LogP) is 4.11. The summed E-state index contributed by atoms with van der Waals surface area (Å²) in [5.74, 6) is 3.57. The third kappa shape index (κ3) is 2.62. The molecule has 0 amide bonds. The van der Waals surface area contributed by atoms with Crippen molar-refractivity contribution in [3.8, 4) is 18.1 Å². The van der Waals surface area contributed by atoms with Crippen molar-refractivity contribution in [2.45, 2.75) is 13.3 Å². The van der Waals surface area contributed by atoms with Gasteiger partial charge in [-0.15, -0.1) is 12.3 Å². The van der Waals surface area contributed by atoms with Crippen LogP contribution in [0, 0.1) is 19.3 Å². The number of fused-ring (bicyclic) bond motifs is 1. The van der Waals surface area contributed by atoms with Gasteiger partial charge in [0.2, 0.25) is 0 Å². The average Bonchev–Trinajstić information content (AvgIpc) is 2.68. The number of aryl methyl sites for hydroxylation is 1. The van der Waals surface area contributed by atoms with Gasteiger partial charge in [0.25, 0.3) is 0 Å². The predicted molar refractivity (Wildman–Crippen MR) is 74.9 cm³/mol. The molecule has 17 heavy (non-hydrogen) atoms. The fourth-order valence-electron chi connectivity index (χ4n) is 1.85. The molecule has 2 rings (SSSR count). The molecule has 0 N–H and O–H groups in total. The lowest BCUT2D eigenvalue weighted by Crippen LogP contribution is -1.87. The summed E-state index contributed by atoms with van der Waals surface area (Å²) in [5, 5.41) is 0. The average molecular weight is 289 g/mol. The molecular weight excluding hydrogens is 276 g/mol. The van der Waals surface area contributed by atoms with Gasteiger partial charge in [0, 0.05) is 22.0 Å². The molecule has 2 heteroatoms. The zero-order valence-corrected chi connectivity index (χ0v) is 11.3. The van der Waals surface area contributed by atoms with Crippen LogP contribution in [0.15, 0.2) is 34.8 Å². The Kier molecular flexibility index (Phi) is 3.71. The van der Waals surface area contributed by atoms with Crippen LogP contribution in [0.2, 0.25) is 0 Å². The van der Waals surface area contributed by atoms with Crippen LogP contribution in [0.4, 0.5) is 0 Å². The Morgan fingerprint density at radius 1 is 1.53 bits per heavy atom. The zero-order chi connectivity index (χ0) is 12.3. The second-order valence-electron chi connectivity index (χ2n) is 3.92. The number of hydrogen-bond acceptors (Lipinski definition) is 1. The highest BCUT2D eigenvalue weighted by atomic mass is 79.9. The van der Waals surface area contributed by atoms with E-state index in [9.17, 15) is 0 Å². The molecule has 0 atom stereocenters. The molecule has 86 valence electrons. The molecule has 0 aliphatic carbocycles. The van der Waals surface area contributed by atoms with Gasteiger partial charge in [-0.1, -0.05) is 34.2 Å². The zero-order valence-electron chi connectivity index (χ0n) is 9.66. The van der Waals surface area contributed by atoms with Crippen molar-refractivity contribution in [1.29, 1.82) is 0 Å². The highest BCUT2D eigenvalue weighted by Crippen LogP contribution is 2.38. The first-order chi connectivity index (χ1) is 8.22. The van der Waals surface area contributed by atoms with E-state index in [1.807, 2.05) is 12.2 Å². The van der Waals surface area contributed by atoms with E-state index in [0.717, 1.165) is 15.8 Å². The minimum Gasteiger partial charge on any atom is -0.488 e. The van der Waals surface area contributed by atoms with E-state index in [1.54, 1.807) is 0 Å². The standard InChI is InChI=1S/C15H13BrO/c1-3-4-5-6-7-12-10-17-15-11(2)8-13(16)9-14(12)15/h1,5-9H,4,10H2,2H3/b6-5-,12-7+. The Hall–Kier alpha value is -1.46. The molecule has 0 saturated carbocycles.